The smallest absolute Gasteiger partial charge is 0.134 e. The molecule has 0 heterocycles. The fourth-order valence-electron chi connectivity index (χ4n) is 4.36. The Labute approximate surface area is 257 Å². The van der Waals surface area contributed by atoms with Gasteiger partial charge in [0, 0.05) is 59.3 Å². The molecule has 198 valence electrons. The van der Waals surface area contributed by atoms with Gasteiger partial charge in [-0.3, -0.25) is 9.80 Å². The maximum absolute atomic E-state index is 10.7. The van der Waals surface area contributed by atoms with E-state index in [9.17, 15) is 10.2 Å². The molecule has 0 atom stereocenters. The fraction of sp³-hybridized carbons (Fsp3) is 0.200. The van der Waals surface area contributed by atoms with E-state index < -0.39 is 0 Å². The van der Waals surface area contributed by atoms with Gasteiger partial charge in [0.1, 0.15) is 11.5 Å². The van der Waals surface area contributed by atoms with Gasteiger partial charge in [0.25, 0.3) is 0 Å². The number of halogens is 4. The SMILES string of the molecule is Oc1c(Br)cc(Br)cc1CN(CCN(Cc1ccccc1)Cc1cc(Br)cc(Br)c1O)Cc1ccccc1. The van der Waals surface area contributed by atoms with Crippen LogP contribution in [0.25, 0.3) is 0 Å². The molecule has 8 heteroatoms. The van der Waals surface area contributed by atoms with E-state index in [0.29, 0.717) is 22.0 Å². The Morgan fingerprint density at radius 3 is 1.24 bits per heavy atom. The number of aromatic hydroxyl groups is 2. The Hall–Kier alpha value is -1.68. The highest BCUT2D eigenvalue weighted by Crippen LogP contribution is 2.34. The highest BCUT2D eigenvalue weighted by Gasteiger charge is 2.17. The van der Waals surface area contributed by atoms with Crippen LogP contribution >= 0.6 is 63.7 Å². The molecule has 0 aliphatic heterocycles. The van der Waals surface area contributed by atoms with E-state index in [1.807, 2.05) is 36.4 Å². The first-order chi connectivity index (χ1) is 18.3. The molecule has 0 fully saturated rings. The number of rotatable bonds is 11. The van der Waals surface area contributed by atoms with Crippen molar-refractivity contribution in [2.24, 2.45) is 0 Å². The van der Waals surface area contributed by atoms with Crippen molar-refractivity contribution >= 4 is 63.7 Å². The molecule has 0 aliphatic carbocycles. The molecule has 38 heavy (non-hydrogen) atoms. The molecule has 0 aromatic heterocycles. The quantitative estimate of drug-likeness (QED) is 0.160. The summed E-state index contributed by atoms with van der Waals surface area (Å²) in [4.78, 5) is 4.69. The van der Waals surface area contributed by atoms with Gasteiger partial charge in [0.15, 0.2) is 0 Å². The van der Waals surface area contributed by atoms with Gasteiger partial charge >= 0.3 is 0 Å². The largest absolute Gasteiger partial charge is 0.506 e. The lowest BCUT2D eigenvalue weighted by atomic mass is 10.1. The van der Waals surface area contributed by atoms with Crippen LogP contribution in [0.15, 0.2) is 103 Å². The Kier molecular flexibility index (Phi) is 10.9. The van der Waals surface area contributed by atoms with Crippen LogP contribution in [0.3, 0.4) is 0 Å². The fourth-order valence-corrected chi connectivity index (χ4v) is 6.98. The van der Waals surface area contributed by atoms with E-state index >= 15 is 0 Å². The standard InChI is InChI=1S/C30H28Br4N2O2/c31-25-13-23(29(37)27(33)15-25)19-35(17-21-7-3-1-4-8-21)11-12-36(18-22-9-5-2-6-10-22)20-24-14-26(32)16-28(34)30(24)38/h1-10,13-16,37-38H,11-12,17-20H2. The molecule has 4 aromatic carbocycles. The van der Waals surface area contributed by atoms with Crippen molar-refractivity contribution in [2.45, 2.75) is 26.2 Å². The summed E-state index contributed by atoms with van der Waals surface area (Å²) in [5.41, 5.74) is 4.13. The summed E-state index contributed by atoms with van der Waals surface area (Å²) in [5, 5.41) is 21.5. The van der Waals surface area contributed by atoms with Gasteiger partial charge in [-0.1, -0.05) is 92.5 Å². The van der Waals surface area contributed by atoms with Gasteiger partial charge in [-0.2, -0.15) is 0 Å². The van der Waals surface area contributed by atoms with Crippen LogP contribution in [0.1, 0.15) is 22.3 Å². The van der Waals surface area contributed by atoms with Crippen molar-refractivity contribution < 1.29 is 10.2 Å². The third kappa shape index (κ3) is 8.41. The van der Waals surface area contributed by atoms with E-state index in [1.54, 1.807) is 0 Å². The molecule has 4 aromatic rings. The Morgan fingerprint density at radius 2 is 0.868 bits per heavy atom. The molecule has 0 radical (unpaired) electrons. The highest BCUT2D eigenvalue weighted by molar-refractivity contribution is 9.11. The van der Waals surface area contributed by atoms with Crippen LogP contribution in [-0.4, -0.2) is 33.1 Å². The molecule has 0 bridgehead atoms. The van der Waals surface area contributed by atoms with Crippen molar-refractivity contribution in [1.29, 1.82) is 0 Å². The van der Waals surface area contributed by atoms with Crippen LogP contribution in [0.4, 0.5) is 0 Å². The van der Waals surface area contributed by atoms with Gasteiger partial charge in [0.05, 0.1) is 8.95 Å². The van der Waals surface area contributed by atoms with Crippen molar-refractivity contribution in [3.63, 3.8) is 0 Å². The van der Waals surface area contributed by atoms with E-state index in [4.69, 9.17) is 0 Å². The summed E-state index contributed by atoms with van der Waals surface area (Å²) in [7, 11) is 0. The van der Waals surface area contributed by atoms with Gasteiger partial charge in [-0.15, -0.1) is 0 Å². The second-order valence-electron chi connectivity index (χ2n) is 9.18. The summed E-state index contributed by atoms with van der Waals surface area (Å²) in [6.07, 6.45) is 0. The monoisotopic (exact) mass is 764 g/mol. The third-order valence-electron chi connectivity index (χ3n) is 6.23. The van der Waals surface area contributed by atoms with Crippen molar-refractivity contribution in [2.75, 3.05) is 13.1 Å². The lowest BCUT2D eigenvalue weighted by molar-refractivity contribution is 0.180. The van der Waals surface area contributed by atoms with Crippen LogP contribution in [0.5, 0.6) is 11.5 Å². The topological polar surface area (TPSA) is 46.9 Å². The summed E-state index contributed by atoms with van der Waals surface area (Å²) < 4.78 is 3.17. The molecular formula is C30H28Br4N2O2. The maximum Gasteiger partial charge on any atom is 0.134 e. The molecule has 0 saturated carbocycles. The van der Waals surface area contributed by atoms with E-state index in [1.165, 1.54) is 11.1 Å². The van der Waals surface area contributed by atoms with Crippen molar-refractivity contribution in [1.82, 2.24) is 9.80 Å². The number of hydrogen-bond donors (Lipinski definition) is 2. The van der Waals surface area contributed by atoms with Gasteiger partial charge in [0.2, 0.25) is 0 Å². The number of phenols is 2. The molecule has 0 aliphatic rings. The molecule has 0 amide bonds. The maximum atomic E-state index is 10.7. The predicted octanol–water partition coefficient (Wildman–Crippen LogP) is 8.85. The number of benzene rings is 4. The van der Waals surface area contributed by atoms with Crippen LogP contribution in [0, 0.1) is 0 Å². The van der Waals surface area contributed by atoms with E-state index in [0.717, 1.165) is 46.3 Å². The summed E-state index contributed by atoms with van der Waals surface area (Å²) >= 11 is 14.1. The lowest BCUT2D eigenvalue weighted by Crippen LogP contribution is -2.34. The average Bonchev–Trinajstić information content (AvgIpc) is 2.89. The molecule has 2 N–H and O–H groups in total. The van der Waals surface area contributed by atoms with E-state index in [2.05, 4.69) is 122 Å². The molecule has 4 nitrogen and oxygen atoms in total. The summed E-state index contributed by atoms with van der Waals surface area (Å²) in [5.74, 6) is 0.521. The normalized spacial score (nSPS) is 11.4. The van der Waals surface area contributed by atoms with Crippen LogP contribution in [0.2, 0.25) is 0 Å². The zero-order valence-corrected chi connectivity index (χ0v) is 27.0. The second kappa shape index (κ2) is 14.1. The molecule has 0 saturated heterocycles. The van der Waals surface area contributed by atoms with Gasteiger partial charge in [-0.25, -0.2) is 0 Å². The predicted molar refractivity (Wildman–Crippen MR) is 168 cm³/mol. The first-order valence-corrected chi connectivity index (χ1v) is 15.3. The highest BCUT2D eigenvalue weighted by atomic mass is 79.9. The van der Waals surface area contributed by atoms with Crippen molar-refractivity contribution in [3.8, 4) is 11.5 Å². The van der Waals surface area contributed by atoms with Crippen molar-refractivity contribution in [3.05, 3.63) is 125 Å². The van der Waals surface area contributed by atoms with Crippen LogP contribution < -0.4 is 0 Å². The molecule has 0 unspecified atom stereocenters. The van der Waals surface area contributed by atoms with Gasteiger partial charge in [-0.05, 0) is 67.3 Å². The zero-order chi connectivity index (χ0) is 27.1. The minimum Gasteiger partial charge on any atom is -0.506 e. The number of nitrogens with zero attached hydrogens (tertiary/aromatic N) is 2. The number of phenolic OH excluding ortho intramolecular Hbond substituents is 2. The zero-order valence-electron chi connectivity index (χ0n) is 20.6. The Morgan fingerprint density at radius 1 is 0.500 bits per heavy atom. The van der Waals surface area contributed by atoms with Crippen LogP contribution in [-0.2, 0) is 26.2 Å². The Bertz CT molecular complexity index is 1250. The molecular weight excluding hydrogens is 740 g/mol. The Balaban J connectivity index is 1.58. The summed E-state index contributed by atoms with van der Waals surface area (Å²) in [6.45, 7) is 4.20. The molecule has 4 rings (SSSR count). The minimum absolute atomic E-state index is 0.260. The third-order valence-corrected chi connectivity index (χ3v) is 8.36. The first-order valence-electron chi connectivity index (χ1n) is 12.1. The lowest BCUT2D eigenvalue weighted by Gasteiger charge is -2.29. The average molecular weight is 768 g/mol. The number of hydrogen-bond acceptors (Lipinski definition) is 4. The van der Waals surface area contributed by atoms with E-state index in [-0.39, 0.29) is 11.5 Å². The summed E-state index contributed by atoms with van der Waals surface area (Å²) in [6, 6.07) is 28.4. The minimum atomic E-state index is 0.260. The van der Waals surface area contributed by atoms with Gasteiger partial charge < -0.3 is 10.2 Å². The second-order valence-corrected chi connectivity index (χ2v) is 12.7. The molecule has 0 spiro atoms. The first kappa shape index (κ1) is 29.3.